The molecule has 0 saturated heterocycles. The summed E-state index contributed by atoms with van der Waals surface area (Å²) in [5.41, 5.74) is 1.51. The normalized spacial score (nSPS) is 10.8. The number of hydrogen-bond donors (Lipinski definition) is 1. The van der Waals surface area contributed by atoms with Gasteiger partial charge >= 0.3 is 0 Å². The summed E-state index contributed by atoms with van der Waals surface area (Å²) in [7, 11) is 0. The standard InChI is InChI=1S/C15H11NO3/c1-9-6-7-11-13(8-9)19-15(16-14(11)18)10-4-2-3-5-12(10)17/h2-8,17H,1H3. The van der Waals surface area contributed by atoms with Crippen LogP contribution < -0.4 is 5.56 Å². The zero-order chi connectivity index (χ0) is 13.4. The fourth-order valence-electron chi connectivity index (χ4n) is 1.94. The number of benzene rings is 2. The van der Waals surface area contributed by atoms with Gasteiger partial charge in [0.15, 0.2) is 0 Å². The lowest BCUT2D eigenvalue weighted by atomic mass is 10.1. The van der Waals surface area contributed by atoms with Crippen molar-refractivity contribution in [1.82, 2.24) is 4.98 Å². The Hall–Kier alpha value is -2.62. The topological polar surface area (TPSA) is 63.3 Å². The van der Waals surface area contributed by atoms with E-state index in [-0.39, 0.29) is 17.2 Å². The van der Waals surface area contributed by atoms with Gasteiger partial charge in [0.1, 0.15) is 11.3 Å². The Morgan fingerprint density at radius 3 is 2.74 bits per heavy atom. The number of fused-ring (bicyclic) bond motifs is 1. The maximum absolute atomic E-state index is 11.9. The van der Waals surface area contributed by atoms with Gasteiger partial charge in [-0.25, -0.2) is 0 Å². The quantitative estimate of drug-likeness (QED) is 0.724. The van der Waals surface area contributed by atoms with Crippen LogP contribution >= 0.6 is 0 Å². The molecule has 0 aliphatic rings. The Kier molecular flexibility index (Phi) is 2.56. The molecule has 19 heavy (non-hydrogen) atoms. The summed E-state index contributed by atoms with van der Waals surface area (Å²) >= 11 is 0. The molecule has 1 N–H and O–H groups in total. The van der Waals surface area contributed by atoms with E-state index in [1.807, 2.05) is 13.0 Å². The molecule has 1 aromatic heterocycles. The van der Waals surface area contributed by atoms with Gasteiger partial charge in [-0.2, -0.15) is 4.98 Å². The number of nitrogens with zero attached hydrogens (tertiary/aromatic N) is 1. The molecule has 1 heterocycles. The minimum Gasteiger partial charge on any atom is -0.507 e. The van der Waals surface area contributed by atoms with E-state index in [1.54, 1.807) is 30.3 Å². The van der Waals surface area contributed by atoms with E-state index in [4.69, 9.17) is 4.42 Å². The number of aromatic nitrogens is 1. The summed E-state index contributed by atoms with van der Waals surface area (Å²) in [6.45, 7) is 1.92. The Morgan fingerprint density at radius 1 is 1.16 bits per heavy atom. The van der Waals surface area contributed by atoms with Crippen LogP contribution in [0.4, 0.5) is 0 Å². The van der Waals surface area contributed by atoms with Crippen LogP contribution in [0.1, 0.15) is 5.56 Å². The number of aromatic hydroxyl groups is 1. The summed E-state index contributed by atoms with van der Waals surface area (Å²) in [6, 6.07) is 11.9. The first kappa shape index (κ1) is 11.5. The summed E-state index contributed by atoms with van der Waals surface area (Å²) in [5, 5.41) is 10.2. The van der Waals surface area contributed by atoms with Crippen molar-refractivity contribution in [2.75, 3.05) is 0 Å². The first-order valence-corrected chi connectivity index (χ1v) is 5.85. The van der Waals surface area contributed by atoms with Crippen molar-refractivity contribution in [1.29, 1.82) is 0 Å². The number of aryl methyl sites for hydroxylation is 1. The van der Waals surface area contributed by atoms with Gasteiger partial charge < -0.3 is 9.52 Å². The van der Waals surface area contributed by atoms with Gasteiger partial charge in [0.05, 0.1) is 10.9 Å². The lowest BCUT2D eigenvalue weighted by Gasteiger charge is -2.04. The molecule has 0 unspecified atom stereocenters. The summed E-state index contributed by atoms with van der Waals surface area (Å²) in [4.78, 5) is 15.8. The Morgan fingerprint density at radius 2 is 1.95 bits per heavy atom. The number of hydrogen-bond acceptors (Lipinski definition) is 4. The minimum atomic E-state index is -0.362. The predicted octanol–water partition coefficient (Wildman–Crippen LogP) is 2.87. The van der Waals surface area contributed by atoms with E-state index in [0.717, 1.165) is 5.56 Å². The molecule has 2 aromatic carbocycles. The van der Waals surface area contributed by atoms with Crippen LogP contribution in [0.25, 0.3) is 22.4 Å². The molecule has 4 heteroatoms. The molecule has 4 nitrogen and oxygen atoms in total. The first-order chi connectivity index (χ1) is 9.15. The van der Waals surface area contributed by atoms with Crippen LogP contribution in [0.5, 0.6) is 5.75 Å². The van der Waals surface area contributed by atoms with Crippen LogP contribution in [0.3, 0.4) is 0 Å². The van der Waals surface area contributed by atoms with Gasteiger partial charge in [-0.15, -0.1) is 0 Å². The Balaban J connectivity index is 2.32. The lowest BCUT2D eigenvalue weighted by Crippen LogP contribution is -2.07. The number of phenols is 1. The van der Waals surface area contributed by atoms with Crippen molar-refractivity contribution < 1.29 is 9.52 Å². The van der Waals surface area contributed by atoms with E-state index < -0.39 is 0 Å². The van der Waals surface area contributed by atoms with Gasteiger partial charge in [-0.3, -0.25) is 4.79 Å². The van der Waals surface area contributed by atoms with E-state index in [9.17, 15) is 9.90 Å². The highest BCUT2D eigenvalue weighted by Crippen LogP contribution is 2.28. The van der Waals surface area contributed by atoms with E-state index in [0.29, 0.717) is 16.5 Å². The molecular formula is C15H11NO3. The molecule has 0 fully saturated rings. The van der Waals surface area contributed by atoms with Crippen molar-refractivity contribution in [3.8, 4) is 17.2 Å². The summed E-state index contributed by atoms with van der Waals surface area (Å²) in [5.74, 6) is 0.159. The third-order valence-electron chi connectivity index (χ3n) is 2.91. The first-order valence-electron chi connectivity index (χ1n) is 5.85. The third kappa shape index (κ3) is 1.97. The van der Waals surface area contributed by atoms with Crippen LogP contribution in [-0.2, 0) is 0 Å². The second kappa shape index (κ2) is 4.24. The van der Waals surface area contributed by atoms with Crippen molar-refractivity contribution >= 4 is 11.0 Å². The van der Waals surface area contributed by atoms with Gasteiger partial charge in [0.25, 0.3) is 5.56 Å². The second-order valence-corrected chi connectivity index (χ2v) is 4.34. The fourth-order valence-corrected chi connectivity index (χ4v) is 1.94. The Labute approximate surface area is 109 Å². The minimum absolute atomic E-state index is 0.0325. The molecule has 0 atom stereocenters. The molecule has 0 aliphatic carbocycles. The van der Waals surface area contributed by atoms with Crippen molar-refractivity contribution in [3.63, 3.8) is 0 Å². The third-order valence-corrected chi connectivity index (χ3v) is 2.91. The molecular weight excluding hydrogens is 242 g/mol. The highest BCUT2D eigenvalue weighted by molar-refractivity contribution is 5.78. The van der Waals surface area contributed by atoms with Crippen molar-refractivity contribution in [3.05, 3.63) is 58.4 Å². The van der Waals surface area contributed by atoms with Gasteiger partial charge in [0.2, 0.25) is 5.89 Å². The molecule has 94 valence electrons. The number of para-hydroxylation sites is 1. The van der Waals surface area contributed by atoms with Crippen LogP contribution in [0.2, 0.25) is 0 Å². The molecule has 0 spiro atoms. The average Bonchev–Trinajstić information content (AvgIpc) is 2.38. The molecule has 0 radical (unpaired) electrons. The molecule has 0 amide bonds. The zero-order valence-corrected chi connectivity index (χ0v) is 10.3. The molecule has 3 rings (SSSR count). The molecule has 0 saturated carbocycles. The van der Waals surface area contributed by atoms with Gasteiger partial charge in [-0.05, 0) is 36.8 Å². The maximum atomic E-state index is 11.9. The van der Waals surface area contributed by atoms with Gasteiger partial charge in [-0.1, -0.05) is 18.2 Å². The van der Waals surface area contributed by atoms with Crippen LogP contribution in [-0.4, -0.2) is 10.1 Å². The Bertz CT molecular complexity index is 821. The number of rotatable bonds is 1. The average molecular weight is 253 g/mol. The predicted molar refractivity (Wildman–Crippen MR) is 72.1 cm³/mol. The summed E-state index contributed by atoms with van der Waals surface area (Å²) < 4.78 is 5.62. The fraction of sp³-hybridized carbons (Fsp3) is 0.0667. The van der Waals surface area contributed by atoms with Crippen LogP contribution in [0.15, 0.2) is 51.7 Å². The van der Waals surface area contributed by atoms with E-state index in [1.165, 1.54) is 6.07 Å². The highest BCUT2D eigenvalue weighted by Gasteiger charge is 2.11. The van der Waals surface area contributed by atoms with E-state index in [2.05, 4.69) is 4.98 Å². The zero-order valence-electron chi connectivity index (χ0n) is 10.3. The van der Waals surface area contributed by atoms with Crippen molar-refractivity contribution in [2.45, 2.75) is 6.92 Å². The lowest BCUT2D eigenvalue weighted by molar-refractivity contribution is 0.473. The monoisotopic (exact) mass is 253 g/mol. The van der Waals surface area contributed by atoms with Crippen molar-refractivity contribution in [2.24, 2.45) is 0 Å². The summed E-state index contributed by atoms with van der Waals surface area (Å²) in [6.07, 6.45) is 0. The second-order valence-electron chi connectivity index (χ2n) is 4.34. The molecule has 0 bridgehead atoms. The molecule has 0 aliphatic heterocycles. The van der Waals surface area contributed by atoms with Gasteiger partial charge in [0, 0.05) is 0 Å². The molecule has 3 aromatic rings. The maximum Gasteiger partial charge on any atom is 0.284 e. The van der Waals surface area contributed by atoms with E-state index >= 15 is 0 Å². The SMILES string of the molecule is Cc1ccc2c(=O)nc(-c3ccccc3O)oc2c1. The number of phenolic OH excluding ortho intramolecular Hbond substituents is 1. The largest absolute Gasteiger partial charge is 0.507 e. The van der Waals surface area contributed by atoms with Crippen LogP contribution in [0, 0.1) is 6.92 Å². The highest BCUT2D eigenvalue weighted by atomic mass is 16.3. The smallest absolute Gasteiger partial charge is 0.284 e.